The van der Waals surface area contributed by atoms with Crippen LogP contribution in [0.3, 0.4) is 0 Å². The summed E-state index contributed by atoms with van der Waals surface area (Å²) >= 11 is 3.56. The van der Waals surface area contributed by atoms with Crippen molar-refractivity contribution in [2.75, 3.05) is 11.5 Å². The van der Waals surface area contributed by atoms with Crippen molar-refractivity contribution in [2.24, 2.45) is 23.2 Å². The van der Waals surface area contributed by atoms with E-state index in [9.17, 15) is 36.4 Å². The molecule has 10 heteroatoms. The summed E-state index contributed by atoms with van der Waals surface area (Å²) < 4.78 is 75.2. The molecular formula is C36H54BrF5O3S. The number of hydrogen-bond donors (Lipinski definition) is 2. The van der Waals surface area contributed by atoms with Crippen molar-refractivity contribution in [2.45, 2.75) is 153 Å². The molecule has 0 heterocycles. The molecule has 2 fully saturated rings. The summed E-state index contributed by atoms with van der Waals surface area (Å²) in [5, 5.41) is 21.3. The number of rotatable bonds is 18. The lowest BCUT2D eigenvalue weighted by molar-refractivity contribution is -0.284. The molecule has 2 saturated carbocycles. The van der Waals surface area contributed by atoms with Gasteiger partial charge in [-0.3, -0.25) is 4.21 Å². The molecule has 4 rings (SSSR count). The second-order valence-electron chi connectivity index (χ2n) is 14.7. The topological polar surface area (TPSA) is 57.5 Å². The number of fused-ring (bicyclic) bond motifs is 5. The number of benzene rings is 1. The van der Waals surface area contributed by atoms with E-state index in [0.717, 1.165) is 68.7 Å². The predicted molar refractivity (Wildman–Crippen MR) is 179 cm³/mol. The van der Waals surface area contributed by atoms with Gasteiger partial charge in [-0.1, -0.05) is 71.1 Å². The molecule has 5 unspecified atom stereocenters. The fraction of sp³-hybridized carbons (Fsp3) is 0.833. The monoisotopic (exact) mass is 740 g/mol. The van der Waals surface area contributed by atoms with Gasteiger partial charge in [0.25, 0.3) is 0 Å². The van der Waals surface area contributed by atoms with Crippen molar-refractivity contribution >= 4 is 26.7 Å². The Morgan fingerprint density at radius 1 is 0.870 bits per heavy atom. The maximum Gasteiger partial charge on any atom is 0.453 e. The number of phenols is 1. The number of halogens is 6. The number of unbranched alkanes of at least 4 members (excludes halogenated alkanes) is 10. The van der Waals surface area contributed by atoms with Crippen LogP contribution in [0.2, 0.25) is 0 Å². The molecule has 3 nitrogen and oxygen atoms in total. The molecule has 46 heavy (non-hydrogen) atoms. The maximum atomic E-state index is 12.9. The van der Waals surface area contributed by atoms with Crippen molar-refractivity contribution in [3.8, 4) is 5.75 Å². The van der Waals surface area contributed by atoms with Gasteiger partial charge >= 0.3 is 12.1 Å². The van der Waals surface area contributed by atoms with Gasteiger partial charge in [0.15, 0.2) is 0 Å². The summed E-state index contributed by atoms with van der Waals surface area (Å²) in [7, 11) is -1.34. The number of phenolic OH excluding ortho intramolecular Hbond substituents is 1. The highest BCUT2D eigenvalue weighted by Crippen LogP contribution is 2.63. The number of hydrogen-bond acceptors (Lipinski definition) is 3. The Balaban J connectivity index is 1.07. The van der Waals surface area contributed by atoms with Crippen LogP contribution < -0.4 is 0 Å². The maximum absolute atomic E-state index is 12.9. The number of aromatic hydroxyl groups is 1. The number of alkyl halides is 5. The average molecular weight is 742 g/mol. The average Bonchev–Trinajstić information content (AvgIpc) is 3.29. The van der Waals surface area contributed by atoms with Crippen LogP contribution in [0.25, 0.3) is 0 Å². The fourth-order valence-electron chi connectivity index (χ4n) is 9.00. The molecule has 7 atom stereocenters. The Labute approximate surface area is 283 Å². The third kappa shape index (κ3) is 9.48. The zero-order valence-electron chi connectivity index (χ0n) is 27.4. The predicted octanol–water partition coefficient (Wildman–Crippen LogP) is 11.0. The minimum atomic E-state index is -5.54. The molecule has 3 aliphatic carbocycles. The van der Waals surface area contributed by atoms with Gasteiger partial charge in [-0.2, -0.15) is 22.0 Å². The normalized spacial score (nSPS) is 28.5. The molecule has 0 aromatic heterocycles. The Hall–Kier alpha value is -0.740. The second kappa shape index (κ2) is 16.8. The second-order valence-corrected chi connectivity index (χ2v) is 17.3. The van der Waals surface area contributed by atoms with Gasteiger partial charge in [0.05, 0.1) is 10.6 Å². The quantitative estimate of drug-likeness (QED) is 0.116. The molecule has 2 N–H and O–H groups in total. The minimum absolute atomic E-state index is 0.0366. The van der Waals surface area contributed by atoms with Gasteiger partial charge in [0.1, 0.15) is 5.75 Å². The molecule has 0 radical (unpaired) electrons. The van der Waals surface area contributed by atoms with Crippen molar-refractivity contribution in [3.05, 3.63) is 27.7 Å². The van der Waals surface area contributed by atoms with Crippen LogP contribution >= 0.6 is 15.9 Å². The third-order valence-electron chi connectivity index (χ3n) is 11.6. The standard InChI is InChI=1S/C36H54BrF5O3S/c1-34-19-17-27-28-24-30(37)31(43)23-26(28)22-25(33(27)29(34)15-16-32(34)44)14-11-9-7-5-3-2-4-6-8-10-12-20-46(45)21-13-18-35(38,39)36(40,41)42/h23-25,27,29,32-33,43-44H,2-22H2,1H3/t25?,27?,29?,32-,33?,34-,46?/m0/s1. The van der Waals surface area contributed by atoms with E-state index in [0.29, 0.717) is 35.2 Å². The summed E-state index contributed by atoms with van der Waals surface area (Å²) in [6.45, 7) is 2.33. The van der Waals surface area contributed by atoms with E-state index in [-0.39, 0.29) is 23.7 Å². The van der Waals surface area contributed by atoms with E-state index < -0.39 is 29.3 Å². The van der Waals surface area contributed by atoms with Gasteiger partial charge < -0.3 is 10.2 Å². The molecular weight excluding hydrogens is 687 g/mol. The van der Waals surface area contributed by atoms with Crippen LogP contribution in [0, 0.1) is 23.2 Å². The number of aliphatic hydroxyl groups excluding tert-OH is 1. The van der Waals surface area contributed by atoms with Crippen LogP contribution in [0.4, 0.5) is 22.0 Å². The van der Waals surface area contributed by atoms with Gasteiger partial charge in [0, 0.05) is 28.7 Å². The minimum Gasteiger partial charge on any atom is -0.507 e. The van der Waals surface area contributed by atoms with Gasteiger partial charge in [-0.25, -0.2) is 0 Å². The van der Waals surface area contributed by atoms with Crippen LogP contribution in [0.1, 0.15) is 140 Å². The van der Waals surface area contributed by atoms with Crippen LogP contribution in [0.15, 0.2) is 16.6 Å². The van der Waals surface area contributed by atoms with Crippen LogP contribution in [-0.2, 0) is 17.2 Å². The smallest absolute Gasteiger partial charge is 0.453 e. The van der Waals surface area contributed by atoms with E-state index in [1.807, 2.05) is 6.07 Å². The molecule has 1 aromatic rings. The van der Waals surface area contributed by atoms with Gasteiger partial charge in [-0.15, -0.1) is 0 Å². The Bertz CT molecular complexity index is 1150. The summed E-state index contributed by atoms with van der Waals surface area (Å²) in [5.74, 6) is -1.81. The molecule has 3 aliphatic rings. The van der Waals surface area contributed by atoms with Gasteiger partial charge in [-0.05, 0) is 120 Å². The largest absolute Gasteiger partial charge is 0.507 e. The van der Waals surface area contributed by atoms with Crippen molar-refractivity contribution in [1.82, 2.24) is 0 Å². The molecule has 0 bridgehead atoms. The molecule has 0 aliphatic heterocycles. The zero-order valence-corrected chi connectivity index (χ0v) is 29.8. The molecule has 0 saturated heterocycles. The first-order chi connectivity index (χ1) is 21.7. The fourth-order valence-corrected chi connectivity index (χ4v) is 10.6. The lowest BCUT2D eigenvalue weighted by atomic mass is 9.52. The first-order valence-electron chi connectivity index (χ1n) is 17.7. The summed E-state index contributed by atoms with van der Waals surface area (Å²) in [6, 6.07) is 4.15. The van der Waals surface area contributed by atoms with E-state index in [1.54, 1.807) is 0 Å². The van der Waals surface area contributed by atoms with E-state index in [2.05, 4.69) is 28.9 Å². The Kier molecular flexibility index (Phi) is 13.9. The SMILES string of the molecule is C[C@]12CCC3c4cc(Br)c(O)cc4CC(CCCCCCCCCCCCCS(=O)CCCC(F)(F)C(F)(F)F)C3C1CC[C@@H]2O. The summed E-state index contributed by atoms with van der Waals surface area (Å²) in [6.07, 6.45) is 11.4. The molecule has 0 spiro atoms. The summed E-state index contributed by atoms with van der Waals surface area (Å²) in [5.41, 5.74) is 2.77. The van der Waals surface area contributed by atoms with Crippen LogP contribution in [-0.4, -0.2) is 44.1 Å². The zero-order chi connectivity index (χ0) is 33.5. The van der Waals surface area contributed by atoms with E-state index in [4.69, 9.17) is 0 Å². The molecule has 0 amide bonds. The van der Waals surface area contributed by atoms with Gasteiger partial charge in [0.2, 0.25) is 0 Å². The number of aliphatic hydroxyl groups is 1. The molecule has 264 valence electrons. The van der Waals surface area contributed by atoms with Crippen LogP contribution in [0.5, 0.6) is 5.75 Å². The first kappa shape index (κ1) is 38.1. The lowest BCUT2D eigenvalue weighted by Gasteiger charge is -2.53. The highest BCUT2D eigenvalue weighted by Gasteiger charge is 2.57. The van der Waals surface area contributed by atoms with Crippen molar-refractivity contribution < 1.29 is 36.4 Å². The van der Waals surface area contributed by atoms with Crippen molar-refractivity contribution in [1.29, 1.82) is 0 Å². The Morgan fingerprint density at radius 2 is 1.46 bits per heavy atom. The molecule has 1 aromatic carbocycles. The van der Waals surface area contributed by atoms with Crippen molar-refractivity contribution in [3.63, 3.8) is 0 Å². The highest BCUT2D eigenvalue weighted by molar-refractivity contribution is 9.10. The lowest BCUT2D eigenvalue weighted by Crippen LogP contribution is -2.47. The van der Waals surface area contributed by atoms with E-state index in [1.165, 1.54) is 56.1 Å². The highest BCUT2D eigenvalue weighted by atomic mass is 79.9. The Morgan fingerprint density at radius 3 is 2.09 bits per heavy atom. The third-order valence-corrected chi connectivity index (χ3v) is 13.8. The summed E-state index contributed by atoms with van der Waals surface area (Å²) in [4.78, 5) is 0. The first-order valence-corrected chi connectivity index (χ1v) is 20.0. The van der Waals surface area contributed by atoms with E-state index >= 15 is 0 Å².